The molecule has 3 aliphatic rings. The molecule has 2 aliphatic heterocycles. The molecule has 252 valence electrons. The number of nitrogens with zero attached hydrogens (tertiary/aromatic N) is 6. The Morgan fingerprint density at radius 1 is 1.17 bits per heavy atom. The van der Waals surface area contributed by atoms with Crippen LogP contribution in [0.2, 0.25) is 0 Å². The van der Waals surface area contributed by atoms with E-state index >= 15 is 0 Å². The molecule has 0 bridgehead atoms. The highest BCUT2D eigenvalue weighted by molar-refractivity contribution is 7.99. The van der Waals surface area contributed by atoms with Gasteiger partial charge in [0.25, 0.3) is 0 Å². The van der Waals surface area contributed by atoms with Crippen molar-refractivity contribution in [3.8, 4) is 28.1 Å². The van der Waals surface area contributed by atoms with Crippen LogP contribution >= 0.6 is 11.8 Å². The highest BCUT2D eigenvalue weighted by Gasteiger charge is 2.54. The topological polar surface area (TPSA) is 91.5 Å². The fourth-order valence-corrected chi connectivity index (χ4v) is 8.72. The minimum atomic E-state index is -1.16. The van der Waals surface area contributed by atoms with Crippen LogP contribution in [0.25, 0.3) is 39.4 Å². The molecule has 4 heterocycles. The predicted octanol–water partition coefficient (Wildman–Crippen LogP) is 6.66. The van der Waals surface area contributed by atoms with Crippen LogP contribution in [0.3, 0.4) is 0 Å². The number of halogens is 1. The fourth-order valence-electron chi connectivity index (χ4n) is 8.11. The van der Waals surface area contributed by atoms with Crippen LogP contribution in [-0.2, 0) is 11.3 Å². The van der Waals surface area contributed by atoms with E-state index in [0.717, 1.165) is 89.3 Å². The number of aromatic hydroxyl groups is 1. The number of thioether (sulfide) groups is 1. The Morgan fingerprint density at radius 2 is 1.94 bits per heavy atom. The Kier molecular flexibility index (Phi) is 8.18. The van der Waals surface area contributed by atoms with Crippen LogP contribution in [0, 0.1) is 19.3 Å². The van der Waals surface area contributed by atoms with Gasteiger partial charge < -0.3 is 15.3 Å². The third-order valence-electron chi connectivity index (χ3n) is 10.8. The number of hydrogen-bond acceptors (Lipinski definition) is 7. The lowest BCUT2D eigenvalue weighted by Gasteiger charge is -2.58. The Morgan fingerprint density at radius 3 is 2.60 bits per heavy atom. The Hall–Kier alpha value is -4.09. The second-order valence-electron chi connectivity index (χ2n) is 13.8. The number of rotatable bonds is 10. The van der Waals surface area contributed by atoms with E-state index in [2.05, 4.69) is 53.2 Å². The van der Waals surface area contributed by atoms with Gasteiger partial charge >= 0.3 is 0 Å². The van der Waals surface area contributed by atoms with Crippen molar-refractivity contribution >= 4 is 40.3 Å². The lowest BCUT2D eigenvalue weighted by atomic mass is 9.60. The number of alkyl halides is 1. The number of carbonyl (C=O) groups is 1. The number of likely N-dealkylation sites (tertiary alicyclic amines) is 2. The molecule has 2 N–H and O–H groups in total. The first kappa shape index (κ1) is 32.5. The first-order valence-corrected chi connectivity index (χ1v) is 17.8. The molecule has 1 spiro atoms. The second kappa shape index (κ2) is 12.1. The maximum Gasteiger partial charge on any atom is 0.245 e. The summed E-state index contributed by atoms with van der Waals surface area (Å²) in [5.74, 6) is 0.202. The van der Waals surface area contributed by atoms with Crippen LogP contribution in [0.4, 0.5) is 10.1 Å². The highest BCUT2D eigenvalue weighted by atomic mass is 32.2. The zero-order valence-electron chi connectivity index (χ0n) is 28.2. The number of aryl methyl sites for hydroxylation is 1. The molecule has 48 heavy (non-hydrogen) atoms. The summed E-state index contributed by atoms with van der Waals surface area (Å²) in [6.07, 6.45) is 9.34. The van der Waals surface area contributed by atoms with Gasteiger partial charge in [0, 0.05) is 90.6 Å². The van der Waals surface area contributed by atoms with Gasteiger partial charge in [0.05, 0.1) is 24.3 Å². The lowest BCUT2D eigenvalue weighted by Crippen LogP contribution is -2.63. The first-order chi connectivity index (χ1) is 23.0. The highest BCUT2D eigenvalue weighted by Crippen LogP contribution is 2.55. The van der Waals surface area contributed by atoms with Gasteiger partial charge in [-0.3, -0.25) is 19.1 Å². The van der Waals surface area contributed by atoms with Crippen LogP contribution in [0.1, 0.15) is 42.1 Å². The number of benzene rings is 2. The Labute approximate surface area is 285 Å². The number of aromatic nitrogens is 4. The number of phenols is 1. The molecule has 1 saturated carbocycles. The number of carbonyl (C=O) groups excluding carboxylic acids is 1. The molecule has 3 fully saturated rings. The molecular formula is C37H44FN7O2S. The van der Waals surface area contributed by atoms with Gasteiger partial charge in [-0.25, -0.2) is 4.39 Å². The standard InChI is InChI=1S/C37H44FN7O2S/c1-7-28-29(39-5)15-23(3)35(47)33(28)32-24(4)45(27-17-36(18-27)20-43(21-36)31(46)8-2)41-34(32)25-9-10-30-26(16-25)19-40-44(30)14-13-42-12-11-37(38,22-42)48-6/h7-10,15-16,19,27,39,47H,1-2,11-14,17-18,20-22H2,3-6H3/t37-/m1/s1. The van der Waals surface area contributed by atoms with Crippen molar-refractivity contribution in [2.75, 3.05) is 51.3 Å². The van der Waals surface area contributed by atoms with E-state index < -0.39 is 5.00 Å². The molecule has 4 aromatic rings. The number of amides is 1. The van der Waals surface area contributed by atoms with E-state index in [1.54, 1.807) is 6.08 Å². The molecule has 9 nitrogen and oxygen atoms in total. The maximum absolute atomic E-state index is 14.8. The zero-order valence-corrected chi connectivity index (χ0v) is 29.0. The van der Waals surface area contributed by atoms with Gasteiger partial charge in [-0.05, 0) is 62.8 Å². The van der Waals surface area contributed by atoms with E-state index in [9.17, 15) is 14.3 Å². The Balaban J connectivity index is 1.25. The van der Waals surface area contributed by atoms with Crippen molar-refractivity contribution in [2.24, 2.45) is 5.41 Å². The van der Waals surface area contributed by atoms with Gasteiger partial charge in [0.1, 0.15) is 11.4 Å². The first-order valence-electron chi connectivity index (χ1n) is 16.6. The summed E-state index contributed by atoms with van der Waals surface area (Å²) in [5, 5.41) is 24.7. The number of anilines is 1. The smallest absolute Gasteiger partial charge is 0.245 e. The normalized spacial score (nSPS) is 20.6. The van der Waals surface area contributed by atoms with Gasteiger partial charge in [-0.2, -0.15) is 10.2 Å². The van der Waals surface area contributed by atoms with Crippen molar-refractivity contribution < 1.29 is 14.3 Å². The lowest BCUT2D eigenvalue weighted by molar-refractivity contribution is -0.149. The van der Waals surface area contributed by atoms with E-state index in [1.165, 1.54) is 17.8 Å². The van der Waals surface area contributed by atoms with Crippen molar-refractivity contribution in [2.45, 2.75) is 50.7 Å². The van der Waals surface area contributed by atoms with Crippen molar-refractivity contribution in [1.29, 1.82) is 0 Å². The van der Waals surface area contributed by atoms with Crippen LogP contribution in [0.15, 0.2) is 49.7 Å². The number of nitrogens with one attached hydrogen (secondary N) is 1. The summed E-state index contributed by atoms with van der Waals surface area (Å²) in [5.41, 5.74) is 7.90. The molecule has 2 aromatic heterocycles. The minimum absolute atomic E-state index is 0.0109. The molecule has 1 aliphatic carbocycles. The molecule has 0 unspecified atom stereocenters. The number of fused-ring (bicyclic) bond motifs is 1. The summed E-state index contributed by atoms with van der Waals surface area (Å²) in [6.45, 7) is 15.9. The summed E-state index contributed by atoms with van der Waals surface area (Å²) in [4.78, 5) is 16.1. The Bertz CT molecular complexity index is 1940. The van der Waals surface area contributed by atoms with Gasteiger partial charge in [-0.1, -0.05) is 25.3 Å². The average molecular weight is 670 g/mol. The molecule has 11 heteroatoms. The average Bonchev–Trinajstić information content (AvgIpc) is 3.74. The van der Waals surface area contributed by atoms with E-state index in [0.29, 0.717) is 25.1 Å². The van der Waals surface area contributed by atoms with Crippen LogP contribution < -0.4 is 5.32 Å². The van der Waals surface area contributed by atoms with Crippen LogP contribution in [0.5, 0.6) is 5.75 Å². The van der Waals surface area contributed by atoms with Crippen molar-refractivity contribution in [1.82, 2.24) is 29.4 Å². The molecule has 2 saturated heterocycles. The molecule has 1 atom stereocenters. The third kappa shape index (κ3) is 5.31. The number of hydrogen-bond donors (Lipinski definition) is 2. The number of phenolic OH excluding ortho intramolecular Hbond substituents is 1. The van der Waals surface area contributed by atoms with Gasteiger partial charge in [0.15, 0.2) is 5.00 Å². The third-order valence-corrected chi connectivity index (χ3v) is 11.9. The monoisotopic (exact) mass is 669 g/mol. The SMILES string of the molecule is C=CC(=O)N1CC2(CC(n3nc(-c4ccc5c(cnn5CCN5CC[C@@](F)(SC)C5)c4)c(-c4c(O)c(C)cc(NC)c4C=C)c3C)C2)C1. The van der Waals surface area contributed by atoms with Gasteiger partial charge in [-0.15, -0.1) is 11.8 Å². The quantitative estimate of drug-likeness (QED) is 0.144. The van der Waals surface area contributed by atoms with Gasteiger partial charge in [0.2, 0.25) is 5.91 Å². The molecule has 7 rings (SSSR count). The predicted molar refractivity (Wildman–Crippen MR) is 193 cm³/mol. The molecular weight excluding hydrogens is 626 g/mol. The van der Waals surface area contributed by atoms with Crippen LogP contribution in [-0.4, -0.2) is 91.4 Å². The maximum atomic E-state index is 14.8. The summed E-state index contributed by atoms with van der Waals surface area (Å²) in [7, 11) is 1.87. The summed E-state index contributed by atoms with van der Waals surface area (Å²) in [6, 6.07) is 8.42. The fraction of sp³-hybridized carbons (Fsp3) is 0.432. The van der Waals surface area contributed by atoms with Crippen molar-refractivity contribution in [3.63, 3.8) is 0 Å². The van der Waals surface area contributed by atoms with E-state index in [4.69, 9.17) is 10.2 Å². The molecule has 1 amide bonds. The zero-order chi connectivity index (χ0) is 34.0. The second-order valence-corrected chi connectivity index (χ2v) is 14.9. The largest absolute Gasteiger partial charge is 0.507 e. The summed E-state index contributed by atoms with van der Waals surface area (Å²) >= 11 is 1.30. The van der Waals surface area contributed by atoms with E-state index in [-0.39, 0.29) is 23.1 Å². The molecule has 0 radical (unpaired) electrons. The molecule has 2 aromatic carbocycles. The summed E-state index contributed by atoms with van der Waals surface area (Å²) < 4.78 is 18.9. The van der Waals surface area contributed by atoms with Crippen molar-refractivity contribution in [3.05, 3.63) is 66.5 Å². The minimum Gasteiger partial charge on any atom is -0.507 e. The van der Waals surface area contributed by atoms with E-state index in [1.807, 2.05) is 42.1 Å².